The number of fused-ring (bicyclic) bond motifs is 5. The van der Waals surface area contributed by atoms with Crippen LogP contribution in [0.2, 0.25) is 0 Å². The van der Waals surface area contributed by atoms with E-state index in [1.807, 2.05) is 0 Å². The Morgan fingerprint density at radius 1 is 1.21 bits per heavy atom. The zero-order chi connectivity index (χ0) is 9.71. The van der Waals surface area contributed by atoms with E-state index in [-0.39, 0.29) is 0 Å². The predicted molar refractivity (Wildman–Crippen MR) is 54.9 cm³/mol. The van der Waals surface area contributed by atoms with Gasteiger partial charge in [0.15, 0.2) is 0 Å². The van der Waals surface area contributed by atoms with Crippen molar-refractivity contribution in [3.05, 3.63) is 0 Å². The summed E-state index contributed by atoms with van der Waals surface area (Å²) in [6.45, 7) is 4.84. The van der Waals surface area contributed by atoms with Crippen LogP contribution in [-0.2, 0) is 4.79 Å². The number of rotatable bonds is 2. The number of carbonyl (C=O) groups excluding carboxylic acids is 1. The minimum atomic E-state index is 0.331. The Labute approximate surface area is 85.7 Å². The van der Waals surface area contributed by atoms with Gasteiger partial charge in [-0.05, 0) is 49.9 Å². The first-order valence-corrected chi connectivity index (χ1v) is 5.96. The molecule has 14 heavy (non-hydrogen) atoms. The summed E-state index contributed by atoms with van der Waals surface area (Å²) in [5.41, 5.74) is 0. The minimum absolute atomic E-state index is 0.331. The van der Waals surface area contributed by atoms with Crippen LogP contribution in [0.1, 0.15) is 26.2 Å². The summed E-state index contributed by atoms with van der Waals surface area (Å²) in [5, 5.41) is 0. The maximum atomic E-state index is 11.1. The highest BCUT2D eigenvalue weighted by molar-refractivity contribution is 5.77. The molecule has 4 atom stereocenters. The molecule has 0 aromatic rings. The van der Waals surface area contributed by atoms with Crippen LogP contribution in [0.25, 0.3) is 0 Å². The van der Waals surface area contributed by atoms with Gasteiger partial charge in [0.05, 0.1) is 6.54 Å². The number of carbonyl (C=O) groups is 1. The topological polar surface area (TPSA) is 20.3 Å². The lowest BCUT2D eigenvalue weighted by atomic mass is 9.82. The summed E-state index contributed by atoms with van der Waals surface area (Å²) in [7, 11) is 0. The molecule has 1 heterocycles. The van der Waals surface area contributed by atoms with Crippen molar-refractivity contribution in [2.24, 2.45) is 23.7 Å². The maximum absolute atomic E-state index is 11.1. The van der Waals surface area contributed by atoms with Gasteiger partial charge in [-0.25, -0.2) is 0 Å². The van der Waals surface area contributed by atoms with E-state index in [2.05, 4.69) is 4.90 Å². The number of ketones is 1. The zero-order valence-corrected chi connectivity index (χ0v) is 8.91. The van der Waals surface area contributed by atoms with Crippen molar-refractivity contribution in [1.82, 2.24) is 4.90 Å². The molecule has 3 aliphatic rings. The van der Waals surface area contributed by atoms with Gasteiger partial charge in [-0.15, -0.1) is 0 Å². The van der Waals surface area contributed by atoms with E-state index in [9.17, 15) is 4.79 Å². The van der Waals surface area contributed by atoms with E-state index in [4.69, 9.17) is 0 Å². The first kappa shape index (κ1) is 8.90. The molecule has 78 valence electrons. The minimum Gasteiger partial charge on any atom is -0.299 e. The van der Waals surface area contributed by atoms with E-state index in [1.165, 1.54) is 32.4 Å². The highest BCUT2D eigenvalue weighted by Gasteiger charge is 2.51. The second kappa shape index (κ2) is 3.06. The van der Waals surface area contributed by atoms with Crippen molar-refractivity contribution in [3.8, 4) is 0 Å². The molecule has 0 aromatic carbocycles. The molecule has 2 aliphatic carbocycles. The molecule has 2 unspecified atom stereocenters. The lowest BCUT2D eigenvalue weighted by Crippen LogP contribution is -2.27. The van der Waals surface area contributed by atoms with Crippen LogP contribution in [0.5, 0.6) is 0 Å². The first-order valence-electron chi connectivity index (χ1n) is 5.96. The lowest BCUT2D eigenvalue weighted by Gasteiger charge is -2.22. The second-order valence-corrected chi connectivity index (χ2v) is 5.56. The summed E-state index contributed by atoms with van der Waals surface area (Å²) < 4.78 is 0. The van der Waals surface area contributed by atoms with E-state index >= 15 is 0 Å². The Balaban J connectivity index is 1.68. The van der Waals surface area contributed by atoms with Crippen LogP contribution in [0, 0.1) is 23.7 Å². The Hall–Kier alpha value is -0.370. The van der Waals surface area contributed by atoms with E-state index < -0.39 is 0 Å². The van der Waals surface area contributed by atoms with Crippen molar-refractivity contribution in [2.75, 3.05) is 19.6 Å². The molecular weight excluding hydrogens is 174 g/mol. The van der Waals surface area contributed by atoms with Crippen LogP contribution in [0.3, 0.4) is 0 Å². The largest absolute Gasteiger partial charge is 0.299 e. The number of hydrogen-bond donors (Lipinski definition) is 0. The summed E-state index contributed by atoms with van der Waals surface area (Å²) in [4.78, 5) is 13.4. The van der Waals surface area contributed by atoms with Crippen molar-refractivity contribution < 1.29 is 4.79 Å². The summed E-state index contributed by atoms with van der Waals surface area (Å²) >= 11 is 0. The van der Waals surface area contributed by atoms with Gasteiger partial charge in [-0.1, -0.05) is 0 Å². The molecule has 3 rings (SSSR count). The van der Waals surface area contributed by atoms with Crippen molar-refractivity contribution in [3.63, 3.8) is 0 Å². The molecule has 1 aliphatic heterocycles. The van der Waals surface area contributed by atoms with Crippen LogP contribution in [0.4, 0.5) is 0 Å². The fraction of sp³-hybridized carbons (Fsp3) is 0.917. The molecular formula is C12H19NO. The van der Waals surface area contributed by atoms with Crippen LogP contribution < -0.4 is 0 Å². The van der Waals surface area contributed by atoms with Crippen molar-refractivity contribution in [2.45, 2.75) is 26.2 Å². The second-order valence-electron chi connectivity index (χ2n) is 5.56. The Morgan fingerprint density at radius 3 is 2.29 bits per heavy atom. The first-order chi connectivity index (χ1) is 6.74. The Kier molecular flexibility index (Phi) is 1.94. The SMILES string of the molecule is CC(=O)CN1C[C@@H]2C3CCC(C3)[C@@H]2C1. The molecule has 0 aromatic heterocycles. The van der Waals surface area contributed by atoms with Gasteiger partial charge < -0.3 is 0 Å². The van der Waals surface area contributed by atoms with Crippen LogP contribution in [-0.4, -0.2) is 30.3 Å². The smallest absolute Gasteiger partial charge is 0.143 e. The molecule has 0 radical (unpaired) electrons. The van der Waals surface area contributed by atoms with E-state index in [1.54, 1.807) is 6.92 Å². The van der Waals surface area contributed by atoms with Crippen LogP contribution >= 0.6 is 0 Å². The average molecular weight is 193 g/mol. The monoisotopic (exact) mass is 193 g/mol. The fourth-order valence-corrected chi connectivity index (χ4v) is 4.21. The molecule has 1 saturated heterocycles. The van der Waals surface area contributed by atoms with Gasteiger partial charge in [-0.3, -0.25) is 9.69 Å². The van der Waals surface area contributed by atoms with Gasteiger partial charge in [-0.2, -0.15) is 0 Å². The lowest BCUT2D eigenvalue weighted by molar-refractivity contribution is -0.118. The quantitative estimate of drug-likeness (QED) is 0.663. The molecule has 0 spiro atoms. The molecule has 2 bridgehead atoms. The molecule has 0 amide bonds. The van der Waals surface area contributed by atoms with Gasteiger partial charge in [0, 0.05) is 13.1 Å². The maximum Gasteiger partial charge on any atom is 0.143 e. The summed E-state index contributed by atoms with van der Waals surface area (Å²) in [6.07, 6.45) is 4.45. The summed E-state index contributed by atoms with van der Waals surface area (Å²) in [6, 6.07) is 0. The van der Waals surface area contributed by atoms with Gasteiger partial charge in [0.25, 0.3) is 0 Å². The standard InChI is InChI=1S/C12H19NO/c1-8(14)5-13-6-11-9-2-3-10(4-9)12(11)7-13/h9-12H,2-7H2,1H3/t9?,10?,11-,12+. The third kappa shape index (κ3) is 1.23. The summed E-state index contributed by atoms with van der Waals surface area (Å²) in [5.74, 6) is 4.27. The molecule has 2 saturated carbocycles. The highest BCUT2D eigenvalue weighted by atomic mass is 16.1. The van der Waals surface area contributed by atoms with Gasteiger partial charge >= 0.3 is 0 Å². The third-order valence-corrected chi connectivity index (χ3v) is 4.66. The Bertz CT molecular complexity index is 245. The molecule has 3 fully saturated rings. The number of Topliss-reactive ketones (excluding diaryl/α,β-unsaturated/α-hetero) is 1. The number of hydrogen-bond acceptors (Lipinski definition) is 2. The normalized spacial score (nSPS) is 45.8. The van der Waals surface area contributed by atoms with Gasteiger partial charge in [0.1, 0.15) is 5.78 Å². The van der Waals surface area contributed by atoms with E-state index in [0.717, 1.165) is 23.7 Å². The average Bonchev–Trinajstić information content (AvgIpc) is 2.69. The zero-order valence-electron chi connectivity index (χ0n) is 8.91. The molecule has 2 heteroatoms. The van der Waals surface area contributed by atoms with Crippen LogP contribution in [0.15, 0.2) is 0 Å². The third-order valence-electron chi connectivity index (χ3n) is 4.66. The fourth-order valence-electron chi connectivity index (χ4n) is 4.21. The Morgan fingerprint density at radius 2 is 1.79 bits per heavy atom. The molecule has 0 N–H and O–H groups in total. The number of likely N-dealkylation sites (tertiary alicyclic amines) is 1. The van der Waals surface area contributed by atoms with E-state index in [0.29, 0.717) is 12.3 Å². The van der Waals surface area contributed by atoms with Crippen molar-refractivity contribution >= 4 is 5.78 Å². The predicted octanol–water partition coefficient (Wildman–Crippen LogP) is 1.55. The molecule has 2 nitrogen and oxygen atoms in total. The van der Waals surface area contributed by atoms with Gasteiger partial charge in [0.2, 0.25) is 0 Å². The van der Waals surface area contributed by atoms with Crippen molar-refractivity contribution in [1.29, 1.82) is 0 Å². The number of nitrogens with zero attached hydrogens (tertiary/aromatic N) is 1. The highest BCUT2D eigenvalue weighted by Crippen LogP contribution is 2.54.